The van der Waals surface area contributed by atoms with Crippen LogP contribution in [0.3, 0.4) is 0 Å². The second-order valence-electron chi connectivity index (χ2n) is 5.95. The van der Waals surface area contributed by atoms with Gasteiger partial charge in [-0.3, -0.25) is 4.79 Å². The molecule has 0 bridgehead atoms. The summed E-state index contributed by atoms with van der Waals surface area (Å²) in [5, 5.41) is 15.8. The second-order valence-corrected chi connectivity index (χ2v) is 7.22. The smallest absolute Gasteiger partial charge is 0.315 e. The number of amides is 2. The van der Waals surface area contributed by atoms with E-state index in [4.69, 9.17) is 5.11 Å². The van der Waals surface area contributed by atoms with Crippen LogP contribution in [-0.4, -0.2) is 34.7 Å². The summed E-state index contributed by atoms with van der Waals surface area (Å²) in [6, 6.07) is -0.105. The van der Waals surface area contributed by atoms with Gasteiger partial charge in [-0.2, -0.15) is 0 Å². The molecule has 0 aliphatic heterocycles. The highest BCUT2D eigenvalue weighted by Gasteiger charge is 2.26. The average molecular weight is 325 g/mol. The molecule has 0 spiro atoms. The van der Waals surface area contributed by atoms with Crippen LogP contribution in [0.25, 0.3) is 0 Å². The van der Waals surface area contributed by atoms with Crippen LogP contribution in [0, 0.1) is 12.8 Å². The van der Waals surface area contributed by atoms with Gasteiger partial charge in [-0.15, -0.1) is 11.3 Å². The number of aromatic nitrogens is 1. The van der Waals surface area contributed by atoms with Gasteiger partial charge in [-0.05, 0) is 32.6 Å². The molecule has 1 aliphatic carbocycles. The maximum absolute atomic E-state index is 11.9. The molecule has 0 aromatic carbocycles. The van der Waals surface area contributed by atoms with E-state index in [2.05, 4.69) is 15.6 Å². The molecule has 1 heterocycles. The normalized spacial score (nSPS) is 22.8. The Morgan fingerprint density at radius 3 is 2.64 bits per heavy atom. The number of carboxylic acids is 1. The van der Waals surface area contributed by atoms with E-state index in [1.54, 1.807) is 11.3 Å². The summed E-state index contributed by atoms with van der Waals surface area (Å²) in [7, 11) is 0. The van der Waals surface area contributed by atoms with Crippen LogP contribution in [0.15, 0.2) is 6.20 Å². The molecule has 0 saturated heterocycles. The Hall–Kier alpha value is -1.63. The molecule has 22 heavy (non-hydrogen) atoms. The molecule has 1 saturated carbocycles. The zero-order valence-electron chi connectivity index (χ0n) is 13.0. The first-order chi connectivity index (χ1) is 10.5. The van der Waals surface area contributed by atoms with Crippen molar-refractivity contribution in [2.75, 3.05) is 6.54 Å². The lowest BCUT2D eigenvalue weighted by molar-refractivity contribution is -0.142. The number of aliphatic carboxylic acids is 1. The largest absolute Gasteiger partial charge is 0.481 e. The number of aryl methyl sites for hydroxylation is 1. The van der Waals surface area contributed by atoms with Gasteiger partial charge >= 0.3 is 12.0 Å². The Kier molecular flexibility index (Phi) is 5.76. The van der Waals surface area contributed by atoms with E-state index in [1.807, 2.05) is 20.0 Å². The number of hydrogen-bond acceptors (Lipinski definition) is 4. The summed E-state index contributed by atoms with van der Waals surface area (Å²) in [4.78, 5) is 28.3. The molecular weight excluding hydrogens is 302 g/mol. The lowest BCUT2D eigenvalue weighted by Crippen LogP contribution is -2.45. The number of nitrogens with one attached hydrogen (secondary N) is 2. The molecule has 1 aromatic rings. The number of carboxylic acid groups (broad SMARTS) is 1. The standard InChI is InChI=1S/C15H23N3O3S/c1-9(13-16-8-10(2)22-13)7-17-15(21)18-12-5-3-11(4-6-12)14(19)20/h8-9,11-12H,3-7H2,1-2H3,(H,19,20)(H2,17,18,21). The molecule has 1 unspecified atom stereocenters. The third kappa shape index (κ3) is 4.69. The number of rotatable bonds is 5. The average Bonchev–Trinajstić information content (AvgIpc) is 2.92. The van der Waals surface area contributed by atoms with Gasteiger partial charge < -0.3 is 15.7 Å². The van der Waals surface area contributed by atoms with E-state index in [0.29, 0.717) is 19.4 Å². The highest BCUT2D eigenvalue weighted by Crippen LogP contribution is 2.24. The monoisotopic (exact) mass is 325 g/mol. The van der Waals surface area contributed by atoms with Gasteiger partial charge in [-0.1, -0.05) is 6.92 Å². The Morgan fingerprint density at radius 2 is 2.09 bits per heavy atom. The van der Waals surface area contributed by atoms with E-state index in [9.17, 15) is 9.59 Å². The Labute approximate surface area is 134 Å². The van der Waals surface area contributed by atoms with Crippen LogP contribution >= 0.6 is 11.3 Å². The van der Waals surface area contributed by atoms with Crippen molar-refractivity contribution in [2.45, 2.75) is 51.5 Å². The third-order valence-corrected chi connectivity index (χ3v) is 5.19. The number of hydrogen-bond donors (Lipinski definition) is 3. The lowest BCUT2D eigenvalue weighted by Gasteiger charge is -2.27. The van der Waals surface area contributed by atoms with Crippen molar-refractivity contribution in [3.8, 4) is 0 Å². The first kappa shape index (κ1) is 16.7. The van der Waals surface area contributed by atoms with Crippen LogP contribution in [0.5, 0.6) is 0 Å². The van der Waals surface area contributed by atoms with Gasteiger partial charge in [0.15, 0.2) is 0 Å². The van der Waals surface area contributed by atoms with Gasteiger partial charge in [0, 0.05) is 29.6 Å². The minimum atomic E-state index is -0.726. The molecule has 2 rings (SSSR count). The molecule has 0 radical (unpaired) electrons. The van der Waals surface area contributed by atoms with Crippen molar-refractivity contribution in [2.24, 2.45) is 5.92 Å². The summed E-state index contributed by atoms with van der Waals surface area (Å²) in [5.41, 5.74) is 0. The zero-order chi connectivity index (χ0) is 16.1. The summed E-state index contributed by atoms with van der Waals surface area (Å²) >= 11 is 1.65. The number of nitrogens with zero attached hydrogens (tertiary/aromatic N) is 1. The first-order valence-electron chi connectivity index (χ1n) is 7.65. The van der Waals surface area contributed by atoms with Crippen molar-refractivity contribution in [1.29, 1.82) is 0 Å². The lowest BCUT2D eigenvalue weighted by atomic mass is 9.86. The fourth-order valence-electron chi connectivity index (χ4n) is 2.65. The Bertz CT molecular complexity index is 524. The van der Waals surface area contributed by atoms with E-state index in [-0.39, 0.29) is 23.9 Å². The quantitative estimate of drug-likeness (QED) is 0.775. The molecule has 2 amide bonds. The minimum absolute atomic E-state index is 0.0769. The van der Waals surface area contributed by atoms with E-state index >= 15 is 0 Å². The van der Waals surface area contributed by atoms with Gasteiger partial charge in [0.05, 0.1) is 10.9 Å². The summed E-state index contributed by atoms with van der Waals surface area (Å²) in [6.45, 7) is 4.60. The molecule has 1 fully saturated rings. The van der Waals surface area contributed by atoms with Crippen molar-refractivity contribution in [1.82, 2.24) is 15.6 Å². The minimum Gasteiger partial charge on any atom is -0.481 e. The van der Waals surface area contributed by atoms with Crippen molar-refractivity contribution < 1.29 is 14.7 Å². The van der Waals surface area contributed by atoms with Crippen LogP contribution in [0.2, 0.25) is 0 Å². The molecule has 1 aliphatic rings. The highest BCUT2D eigenvalue weighted by atomic mass is 32.1. The molecule has 7 heteroatoms. The van der Waals surface area contributed by atoms with Crippen molar-refractivity contribution >= 4 is 23.3 Å². The van der Waals surface area contributed by atoms with Gasteiger partial charge in [-0.25, -0.2) is 9.78 Å². The predicted octanol–water partition coefficient (Wildman–Crippen LogP) is 2.50. The van der Waals surface area contributed by atoms with E-state index < -0.39 is 5.97 Å². The van der Waals surface area contributed by atoms with Crippen molar-refractivity contribution in [3.63, 3.8) is 0 Å². The van der Waals surface area contributed by atoms with E-state index in [1.165, 1.54) is 4.88 Å². The Morgan fingerprint density at radius 1 is 1.41 bits per heavy atom. The number of carbonyl (C=O) groups is 2. The van der Waals surface area contributed by atoms with Gasteiger partial charge in [0.2, 0.25) is 0 Å². The highest BCUT2D eigenvalue weighted by molar-refractivity contribution is 7.11. The maximum atomic E-state index is 11.9. The molecule has 1 atom stereocenters. The molecular formula is C15H23N3O3S. The predicted molar refractivity (Wildman–Crippen MR) is 85.2 cm³/mol. The molecule has 122 valence electrons. The van der Waals surface area contributed by atoms with E-state index in [0.717, 1.165) is 17.8 Å². The fourth-order valence-corrected chi connectivity index (χ4v) is 3.48. The number of carbonyl (C=O) groups excluding carboxylic acids is 1. The summed E-state index contributed by atoms with van der Waals surface area (Å²) in [6.07, 6.45) is 4.57. The topological polar surface area (TPSA) is 91.3 Å². The number of urea groups is 1. The van der Waals surface area contributed by atoms with Crippen LogP contribution in [0.1, 0.15) is 48.4 Å². The summed E-state index contributed by atoms with van der Waals surface area (Å²) < 4.78 is 0. The maximum Gasteiger partial charge on any atom is 0.315 e. The third-order valence-electron chi connectivity index (χ3n) is 4.04. The molecule has 1 aromatic heterocycles. The molecule has 3 N–H and O–H groups in total. The van der Waals surface area contributed by atoms with Gasteiger partial charge in [0.1, 0.15) is 0 Å². The summed E-state index contributed by atoms with van der Waals surface area (Å²) in [5.74, 6) is -0.794. The van der Waals surface area contributed by atoms with Crippen molar-refractivity contribution in [3.05, 3.63) is 16.1 Å². The molecule has 6 nitrogen and oxygen atoms in total. The second kappa shape index (κ2) is 7.58. The number of thiazole rings is 1. The first-order valence-corrected chi connectivity index (χ1v) is 8.47. The van der Waals surface area contributed by atoms with Gasteiger partial charge in [0.25, 0.3) is 0 Å². The fraction of sp³-hybridized carbons (Fsp3) is 0.667. The SMILES string of the molecule is Cc1cnc(C(C)CNC(=O)NC2CCC(C(=O)O)CC2)s1. The Balaban J connectivity index is 1.69. The van der Waals surface area contributed by atoms with Crippen LogP contribution in [-0.2, 0) is 4.79 Å². The van der Waals surface area contributed by atoms with Crippen LogP contribution < -0.4 is 10.6 Å². The van der Waals surface area contributed by atoms with Crippen LogP contribution in [0.4, 0.5) is 4.79 Å². The zero-order valence-corrected chi connectivity index (χ0v) is 13.8.